The van der Waals surface area contributed by atoms with Crippen molar-refractivity contribution < 1.29 is 9.21 Å². The molecule has 0 radical (unpaired) electrons. The average Bonchev–Trinajstić information content (AvgIpc) is 3.23. The van der Waals surface area contributed by atoms with Gasteiger partial charge in [-0.15, -0.1) is 24.0 Å². The van der Waals surface area contributed by atoms with Crippen molar-refractivity contribution >= 4 is 35.8 Å². The average molecular weight is 435 g/mol. The number of aromatic nitrogens is 1. The minimum absolute atomic E-state index is 0. The standard InChI is InChI=1S/C15H25N5O2.HI/c1-10-11(2)22-14(19-10)9-18-15(16-3)17-8-4-5-13(21)20-12-6-7-12;/h12H,4-9H2,1-3H3,(H,20,21)(H2,16,17,18);1H. The van der Waals surface area contributed by atoms with Crippen molar-refractivity contribution in [3.63, 3.8) is 0 Å². The summed E-state index contributed by atoms with van der Waals surface area (Å²) >= 11 is 0. The molecule has 1 saturated carbocycles. The predicted octanol–water partition coefficient (Wildman–Crippen LogP) is 1.63. The molecule has 0 aliphatic heterocycles. The van der Waals surface area contributed by atoms with E-state index in [1.54, 1.807) is 7.05 Å². The van der Waals surface area contributed by atoms with Gasteiger partial charge >= 0.3 is 0 Å². The molecule has 1 amide bonds. The number of amides is 1. The number of guanidine groups is 1. The summed E-state index contributed by atoms with van der Waals surface area (Å²) in [5, 5.41) is 9.29. The van der Waals surface area contributed by atoms with Crippen molar-refractivity contribution in [3.05, 3.63) is 17.3 Å². The molecule has 0 unspecified atom stereocenters. The normalized spacial score (nSPS) is 14.1. The van der Waals surface area contributed by atoms with Gasteiger partial charge in [-0.05, 0) is 33.1 Å². The van der Waals surface area contributed by atoms with Crippen molar-refractivity contribution in [2.45, 2.75) is 52.1 Å². The van der Waals surface area contributed by atoms with Crippen LogP contribution in [-0.4, -0.2) is 36.5 Å². The second-order valence-electron chi connectivity index (χ2n) is 5.55. The SMILES string of the molecule is CN=C(NCCCC(=O)NC1CC1)NCc1nc(C)c(C)o1.I. The molecule has 23 heavy (non-hydrogen) atoms. The summed E-state index contributed by atoms with van der Waals surface area (Å²) in [6.45, 7) is 4.99. The number of hydrogen-bond acceptors (Lipinski definition) is 4. The Kier molecular flexibility index (Phi) is 8.35. The zero-order chi connectivity index (χ0) is 15.9. The highest BCUT2D eigenvalue weighted by atomic mass is 127. The van der Waals surface area contributed by atoms with E-state index < -0.39 is 0 Å². The number of rotatable bonds is 7. The topological polar surface area (TPSA) is 91.5 Å². The number of nitrogens with zero attached hydrogens (tertiary/aromatic N) is 2. The number of aliphatic imine (C=N–C) groups is 1. The van der Waals surface area contributed by atoms with Crippen molar-refractivity contribution in [1.82, 2.24) is 20.9 Å². The van der Waals surface area contributed by atoms with Gasteiger partial charge in [-0.25, -0.2) is 4.98 Å². The Hall–Kier alpha value is -1.32. The maximum atomic E-state index is 11.5. The third kappa shape index (κ3) is 7.19. The molecule has 1 aromatic rings. The van der Waals surface area contributed by atoms with Crippen LogP contribution in [0.1, 0.15) is 43.0 Å². The number of oxazole rings is 1. The third-order valence-electron chi connectivity index (χ3n) is 3.52. The molecule has 0 aromatic carbocycles. The van der Waals surface area contributed by atoms with Crippen LogP contribution in [0.5, 0.6) is 0 Å². The molecular weight excluding hydrogens is 409 g/mol. The molecule has 1 aromatic heterocycles. The largest absolute Gasteiger partial charge is 0.444 e. The highest BCUT2D eigenvalue weighted by Gasteiger charge is 2.22. The summed E-state index contributed by atoms with van der Waals surface area (Å²) in [5.41, 5.74) is 0.904. The Bertz CT molecular complexity index is 520. The van der Waals surface area contributed by atoms with Crippen LogP contribution in [0.15, 0.2) is 9.41 Å². The minimum Gasteiger partial charge on any atom is -0.444 e. The first kappa shape index (κ1) is 19.7. The Morgan fingerprint density at radius 3 is 2.65 bits per heavy atom. The van der Waals surface area contributed by atoms with Crippen LogP contribution in [0.2, 0.25) is 0 Å². The van der Waals surface area contributed by atoms with Crippen LogP contribution >= 0.6 is 24.0 Å². The number of carbonyl (C=O) groups is 1. The summed E-state index contributed by atoms with van der Waals surface area (Å²) in [5.74, 6) is 2.29. The number of nitrogens with one attached hydrogen (secondary N) is 3. The molecule has 1 fully saturated rings. The van der Waals surface area contributed by atoms with E-state index >= 15 is 0 Å². The fraction of sp³-hybridized carbons (Fsp3) is 0.667. The van der Waals surface area contributed by atoms with Gasteiger partial charge in [0.25, 0.3) is 0 Å². The third-order valence-corrected chi connectivity index (χ3v) is 3.52. The lowest BCUT2D eigenvalue weighted by Crippen LogP contribution is -2.37. The second kappa shape index (κ2) is 9.74. The number of halogens is 1. The molecular formula is C15H26IN5O2. The minimum atomic E-state index is 0. The van der Waals surface area contributed by atoms with Crippen molar-refractivity contribution in [2.75, 3.05) is 13.6 Å². The first-order valence-electron chi connectivity index (χ1n) is 7.75. The van der Waals surface area contributed by atoms with E-state index in [9.17, 15) is 4.79 Å². The van der Waals surface area contributed by atoms with E-state index in [2.05, 4.69) is 25.9 Å². The van der Waals surface area contributed by atoms with E-state index in [-0.39, 0.29) is 29.9 Å². The smallest absolute Gasteiger partial charge is 0.220 e. The Labute approximate surface area is 154 Å². The highest BCUT2D eigenvalue weighted by molar-refractivity contribution is 14.0. The van der Waals surface area contributed by atoms with E-state index in [1.807, 2.05) is 13.8 Å². The van der Waals surface area contributed by atoms with Crippen molar-refractivity contribution in [1.29, 1.82) is 0 Å². The Morgan fingerprint density at radius 1 is 1.35 bits per heavy atom. The van der Waals surface area contributed by atoms with E-state index in [1.165, 1.54) is 0 Å². The molecule has 1 heterocycles. The van der Waals surface area contributed by atoms with Crippen molar-refractivity contribution in [3.8, 4) is 0 Å². The number of aryl methyl sites for hydroxylation is 2. The van der Waals surface area contributed by atoms with E-state index in [0.29, 0.717) is 37.4 Å². The van der Waals surface area contributed by atoms with Crippen LogP contribution in [0, 0.1) is 13.8 Å². The lowest BCUT2D eigenvalue weighted by molar-refractivity contribution is -0.121. The summed E-state index contributed by atoms with van der Waals surface area (Å²) in [6, 6.07) is 0.433. The van der Waals surface area contributed by atoms with Gasteiger partial charge in [-0.2, -0.15) is 0 Å². The zero-order valence-electron chi connectivity index (χ0n) is 13.9. The van der Waals surface area contributed by atoms with E-state index in [0.717, 1.165) is 30.7 Å². The zero-order valence-corrected chi connectivity index (χ0v) is 16.3. The molecule has 0 bridgehead atoms. The Balaban J connectivity index is 0.00000264. The highest BCUT2D eigenvalue weighted by Crippen LogP contribution is 2.18. The maximum Gasteiger partial charge on any atom is 0.220 e. The fourth-order valence-corrected chi connectivity index (χ4v) is 1.98. The van der Waals surface area contributed by atoms with Gasteiger partial charge in [-0.3, -0.25) is 9.79 Å². The van der Waals surface area contributed by atoms with Gasteiger partial charge in [-0.1, -0.05) is 0 Å². The maximum absolute atomic E-state index is 11.5. The van der Waals surface area contributed by atoms with Gasteiger partial charge in [0.2, 0.25) is 11.8 Å². The molecule has 2 rings (SSSR count). The first-order valence-corrected chi connectivity index (χ1v) is 7.75. The van der Waals surface area contributed by atoms with Gasteiger partial charge in [0.1, 0.15) is 5.76 Å². The van der Waals surface area contributed by atoms with Crippen LogP contribution < -0.4 is 16.0 Å². The molecule has 0 saturated heterocycles. The van der Waals surface area contributed by atoms with Gasteiger partial charge in [0.15, 0.2) is 5.96 Å². The number of carbonyl (C=O) groups excluding carboxylic acids is 1. The molecule has 0 spiro atoms. The summed E-state index contributed by atoms with van der Waals surface area (Å²) in [4.78, 5) is 20.0. The first-order chi connectivity index (χ1) is 10.6. The Morgan fingerprint density at radius 2 is 2.09 bits per heavy atom. The second-order valence-corrected chi connectivity index (χ2v) is 5.55. The van der Waals surface area contributed by atoms with Gasteiger partial charge in [0, 0.05) is 26.1 Å². The number of hydrogen-bond donors (Lipinski definition) is 3. The van der Waals surface area contributed by atoms with E-state index in [4.69, 9.17) is 4.42 Å². The lowest BCUT2D eigenvalue weighted by Gasteiger charge is -2.10. The molecule has 1 aliphatic rings. The molecule has 8 heteroatoms. The molecule has 130 valence electrons. The van der Waals surface area contributed by atoms with Gasteiger partial charge in [0.05, 0.1) is 12.2 Å². The quantitative estimate of drug-likeness (QED) is 0.262. The van der Waals surface area contributed by atoms with Crippen LogP contribution in [0.4, 0.5) is 0 Å². The van der Waals surface area contributed by atoms with Crippen LogP contribution in [-0.2, 0) is 11.3 Å². The summed E-state index contributed by atoms with van der Waals surface area (Å²) < 4.78 is 5.50. The van der Waals surface area contributed by atoms with Crippen LogP contribution in [0.3, 0.4) is 0 Å². The molecule has 3 N–H and O–H groups in total. The lowest BCUT2D eigenvalue weighted by atomic mass is 10.3. The summed E-state index contributed by atoms with van der Waals surface area (Å²) in [7, 11) is 1.71. The molecule has 7 nitrogen and oxygen atoms in total. The fourth-order valence-electron chi connectivity index (χ4n) is 1.98. The molecule has 1 aliphatic carbocycles. The predicted molar refractivity (Wildman–Crippen MR) is 100.0 cm³/mol. The monoisotopic (exact) mass is 435 g/mol. The van der Waals surface area contributed by atoms with Crippen molar-refractivity contribution in [2.24, 2.45) is 4.99 Å². The van der Waals surface area contributed by atoms with Crippen LogP contribution in [0.25, 0.3) is 0 Å². The molecule has 0 atom stereocenters. The summed E-state index contributed by atoms with van der Waals surface area (Å²) in [6.07, 6.45) is 3.57. The van der Waals surface area contributed by atoms with Gasteiger partial charge < -0.3 is 20.4 Å².